The molecule has 0 unspecified atom stereocenters. The number of thiazole rings is 1. The van der Waals surface area contributed by atoms with Crippen molar-refractivity contribution in [2.24, 2.45) is 0 Å². The fourth-order valence-corrected chi connectivity index (χ4v) is 5.44. The van der Waals surface area contributed by atoms with Gasteiger partial charge in [-0.05, 0) is 6.92 Å². The van der Waals surface area contributed by atoms with Gasteiger partial charge in [0, 0.05) is 24.5 Å². The van der Waals surface area contributed by atoms with Gasteiger partial charge in [-0.15, -0.1) is 22.7 Å². The Morgan fingerprint density at radius 3 is 2.67 bits per heavy atom. The number of rotatable bonds is 5. The van der Waals surface area contributed by atoms with Gasteiger partial charge in [0.15, 0.2) is 4.34 Å². The van der Waals surface area contributed by atoms with E-state index in [2.05, 4.69) is 4.98 Å². The minimum Gasteiger partial charge on any atom is -0.258 e. The number of hydrogen-bond donors (Lipinski definition) is 0. The summed E-state index contributed by atoms with van der Waals surface area (Å²) in [4.78, 5) is 14.9. The predicted molar refractivity (Wildman–Crippen MR) is 81.5 cm³/mol. The maximum atomic E-state index is 12.4. The SMILES string of the molecule is Cc1ncsc1CN(C)S(=O)(=O)c1cc([N+](=O)[O-])c(Cl)s1. The van der Waals surface area contributed by atoms with E-state index in [0.29, 0.717) is 11.3 Å². The van der Waals surface area contributed by atoms with Crippen molar-refractivity contribution < 1.29 is 13.3 Å². The number of aromatic nitrogens is 1. The molecule has 114 valence electrons. The number of thiophene rings is 1. The van der Waals surface area contributed by atoms with Crippen LogP contribution in [0.1, 0.15) is 10.6 Å². The average Bonchev–Trinajstić information content (AvgIpc) is 2.96. The molecule has 0 aromatic carbocycles. The zero-order valence-electron chi connectivity index (χ0n) is 10.9. The zero-order chi connectivity index (χ0) is 15.8. The molecule has 7 nitrogen and oxygen atoms in total. The molecule has 0 aliphatic carbocycles. The highest BCUT2D eigenvalue weighted by molar-refractivity contribution is 7.91. The van der Waals surface area contributed by atoms with Crippen molar-refractivity contribution in [3.63, 3.8) is 0 Å². The molecule has 2 rings (SSSR count). The molecule has 0 amide bonds. The van der Waals surface area contributed by atoms with Gasteiger partial charge in [0.25, 0.3) is 15.7 Å². The molecule has 2 aromatic heterocycles. The first-order valence-electron chi connectivity index (χ1n) is 5.52. The Bertz CT molecular complexity index is 783. The highest BCUT2D eigenvalue weighted by Gasteiger charge is 2.29. The fourth-order valence-electron chi connectivity index (χ4n) is 1.51. The average molecular weight is 368 g/mol. The molecule has 0 radical (unpaired) electrons. The van der Waals surface area contributed by atoms with Crippen molar-refractivity contribution in [1.29, 1.82) is 0 Å². The Labute approximate surface area is 134 Å². The molecule has 2 heterocycles. The Balaban J connectivity index is 2.31. The summed E-state index contributed by atoms with van der Waals surface area (Å²) in [6.45, 7) is 1.95. The van der Waals surface area contributed by atoms with Gasteiger partial charge < -0.3 is 0 Å². The van der Waals surface area contributed by atoms with Crippen LogP contribution in [-0.4, -0.2) is 29.7 Å². The van der Waals surface area contributed by atoms with Crippen LogP contribution >= 0.6 is 34.3 Å². The first-order valence-corrected chi connectivity index (χ1v) is 9.04. The summed E-state index contributed by atoms with van der Waals surface area (Å²) in [5, 5.41) is 10.7. The second-order valence-corrected chi connectivity index (χ2v) is 8.97. The van der Waals surface area contributed by atoms with Crippen molar-refractivity contribution in [2.45, 2.75) is 17.7 Å². The molecule has 0 saturated carbocycles. The summed E-state index contributed by atoms with van der Waals surface area (Å²) in [6, 6.07) is 0.984. The van der Waals surface area contributed by atoms with Gasteiger partial charge in [0.05, 0.1) is 16.1 Å². The summed E-state index contributed by atoms with van der Waals surface area (Å²) in [5.41, 5.74) is 2.00. The van der Waals surface area contributed by atoms with Crippen LogP contribution in [0.25, 0.3) is 0 Å². The van der Waals surface area contributed by atoms with Gasteiger partial charge in [-0.3, -0.25) is 10.1 Å². The minimum absolute atomic E-state index is 0.149. The molecule has 2 aromatic rings. The molecule has 0 aliphatic heterocycles. The van der Waals surface area contributed by atoms with Crippen molar-refractivity contribution in [2.75, 3.05) is 7.05 Å². The van der Waals surface area contributed by atoms with Gasteiger partial charge in [0.2, 0.25) is 0 Å². The summed E-state index contributed by atoms with van der Waals surface area (Å²) in [6.07, 6.45) is 0. The first-order chi connectivity index (χ1) is 9.73. The Morgan fingerprint density at radius 2 is 2.19 bits per heavy atom. The van der Waals surface area contributed by atoms with Crippen LogP contribution in [0.3, 0.4) is 0 Å². The van der Waals surface area contributed by atoms with Gasteiger partial charge >= 0.3 is 0 Å². The molecule has 0 bridgehead atoms. The van der Waals surface area contributed by atoms with E-state index in [1.54, 1.807) is 12.4 Å². The molecule has 0 atom stereocenters. The van der Waals surface area contributed by atoms with E-state index < -0.39 is 20.6 Å². The third-order valence-corrected chi connectivity index (χ3v) is 7.23. The maximum absolute atomic E-state index is 12.4. The van der Waals surface area contributed by atoms with Crippen LogP contribution in [0.4, 0.5) is 5.69 Å². The molecule has 0 spiro atoms. The normalized spacial score (nSPS) is 12.0. The van der Waals surface area contributed by atoms with Crippen molar-refractivity contribution in [3.05, 3.63) is 36.6 Å². The molecular formula is C10H10ClN3O4S3. The predicted octanol–water partition coefficient (Wildman–Crippen LogP) is 2.90. The number of nitro groups is 1. The number of sulfonamides is 1. The van der Waals surface area contributed by atoms with E-state index in [1.165, 1.54) is 18.4 Å². The van der Waals surface area contributed by atoms with Crippen LogP contribution in [-0.2, 0) is 16.6 Å². The standard InChI is InChI=1S/C10H10ClN3O4S3/c1-6-8(19-5-12-6)4-13(2)21(17,18)9-3-7(14(15)16)10(11)20-9/h3,5H,4H2,1-2H3. The van der Waals surface area contributed by atoms with Crippen LogP contribution in [0.2, 0.25) is 4.34 Å². The van der Waals surface area contributed by atoms with E-state index in [0.717, 1.165) is 20.9 Å². The second-order valence-electron chi connectivity index (χ2n) is 4.10. The monoisotopic (exact) mass is 367 g/mol. The quantitative estimate of drug-likeness (QED) is 0.598. The lowest BCUT2D eigenvalue weighted by Crippen LogP contribution is -2.25. The van der Waals surface area contributed by atoms with E-state index >= 15 is 0 Å². The minimum atomic E-state index is -3.83. The number of halogens is 1. The molecule has 21 heavy (non-hydrogen) atoms. The highest BCUT2D eigenvalue weighted by atomic mass is 35.5. The first kappa shape index (κ1) is 16.3. The second kappa shape index (κ2) is 5.97. The fraction of sp³-hybridized carbons (Fsp3) is 0.300. The molecule has 11 heteroatoms. The smallest absolute Gasteiger partial charge is 0.258 e. The van der Waals surface area contributed by atoms with Crippen LogP contribution in [0, 0.1) is 17.0 Å². The molecule has 0 aliphatic rings. The lowest BCUT2D eigenvalue weighted by molar-refractivity contribution is -0.384. The van der Waals surface area contributed by atoms with E-state index in [9.17, 15) is 18.5 Å². The van der Waals surface area contributed by atoms with Crippen LogP contribution < -0.4 is 0 Å². The van der Waals surface area contributed by atoms with E-state index in [-0.39, 0.29) is 15.1 Å². The van der Waals surface area contributed by atoms with E-state index in [4.69, 9.17) is 11.6 Å². The van der Waals surface area contributed by atoms with Crippen molar-refractivity contribution in [1.82, 2.24) is 9.29 Å². The molecular weight excluding hydrogens is 358 g/mol. The largest absolute Gasteiger partial charge is 0.300 e. The maximum Gasteiger partial charge on any atom is 0.300 e. The van der Waals surface area contributed by atoms with Crippen molar-refractivity contribution in [3.8, 4) is 0 Å². The van der Waals surface area contributed by atoms with Gasteiger partial charge in [-0.25, -0.2) is 13.4 Å². The van der Waals surface area contributed by atoms with Gasteiger partial charge in [0.1, 0.15) is 4.21 Å². The summed E-state index contributed by atoms with van der Waals surface area (Å²) in [7, 11) is -2.41. The van der Waals surface area contributed by atoms with Gasteiger partial charge in [-0.1, -0.05) is 11.6 Å². The number of nitrogens with zero attached hydrogens (tertiary/aromatic N) is 3. The van der Waals surface area contributed by atoms with Crippen LogP contribution in [0.15, 0.2) is 15.8 Å². The van der Waals surface area contributed by atoms with Gasteiger partial charge in [-0.2, -0.15) is 4.31 Å². The Kier molecular flexibility index (Phi) is 4.63. The molecule has 0 saturated heterocycles. The lowest BCUT2D eigenvalue weighted by Gasteiger charge is -2.14. The Hall–Kier alpha value is -1.07. The molecule has 0 N–H and O–H groups in total. The topological polar surface area (TPSA) is 93.4 Å². The summed E-state index contributed by atoms with van der Waals surface area (Å²) in [5.74, 6) is 0. The Morgan fingerprint density at radius 1 is 1.52 bits per heavy atom. The summed E-state index contributed by atoms with van der Waals surface area (Å²) < 4.78 is 25.6. The number of hydrogen-bond acceptors (Lipinski definition) is 7. The third kappa shape index (κ3) is 3.24. The third-order valence-electron chi connectivity index (χ3n) is 2.72. The summed E-state index contributed by atoms with van der Waals surface area (Å²) >= 11 is 7.74. The number of aryl methyl sites for hydroxylation is 1. The highest BCUT2D eigenvalue weighted by Crippen LogP contribution is 2.37. The van der Waals surface area contributed by atoms with Crippen molar-refractivity contribution >= 4 is 50.0 Å². The lowest BCUT2D eigenvalue weighted by atomic mass is 10.4. The molecule has 0 fully saturated rings. The van der Waals surface area contributed by atoms with Crippen LogP contribution in [0.5, 0.6) is 0 Å². The van der Waals surface area contributed by atoms with E-state index in [1.807, 2.05) is 0 Å². The zero-order valence-corrected chi connectivity index (χ0v) is 14.1.